The molecule has 0 saturated carbocycles. The predicted molar refractivity (Wildman–Crippen MR) is 96.0 cm³/mol. The molecule has 1 aliphatic carbocycles. The number of nitrogens with one attached hydrogen (secondary N) is 2. The van der Waals surface area contributed by atoms with Crippen molar-refractivity contribution in [2.45, 2.75) is 6.42 Å². The fourth-order valence-corrected chi connectivity index (χ4v) is 2.58. The number of carbonyl (C=O) groups excluding carboxylic acids is 2. The van der Waals surface area contributed by atoms with E-state index < -0.39 is 11.9 Å². The average Bonchev–Trinajstić information content (AvgIpc) is 2.76. The molecule has 6 nitrogen and oxygen atoms in total. The van der Waals surface area contributed by atoms with Gasteiger partial charge in [-0.05, 0) is 47.5 Å². The normalized spacial score (nSPS) is 12.6. The van der Waals surface area contributed by atoms with Gasteiger partial charge >= 0.3 is 6.03 Å². The molecule has 126 valence electrons. The Morgan fingerprint density at radius 2 is 1.92 bits per heavy atom. The zero-order chi connectivity index (χ0) is 17.8. The van der Waals surface area contributed by atoms with Gasteiger partial charge < -0.3 is 21.5 Å². The van der Waals surface area contributed by atoms with Crippen molar-refractivity contribution in [2.75, 3.05) is 5.32 Å². The molecule has 1 aliphatic rings. The van der Waals surface area contributed by atoms with Crippen molar-refractivity contribution in [2.24, 2.45) is 5.73 Å². The van der Waals surface area contributed by atoms with E-state index in [1.165, 1.54) is 6.07 Å². The van der Waals surface area contributed by atoms with E-state index in [4.69, 9.17) is 5.73 Å². The van der Waals surface area contributed by atoms with Crippen molar-refractivity contribution in [1.29, 1.82) is 0 Å². The van der Waals surface area contributed by atoms with Crippen molar-refractivity contribution in [3.05, 3.63) is 77.0 Å². The quantitative estimate of drug-likeness (QED) is 0.693. The van der Waals surface area contributed by atoms with Crippen molar-refractivity contribution in [3.8, 4) is 5.75 Å². The fourth-order valence-electron chi connectivity index (χ4n) is 2.58. The molecule has 0 unspecified atom stereocenters. The van der Waals surface area contributed by atoms with Gasteiger partial charge in [-0.2, -0.15) is 0 Å². The molecule has 6 heteroatoms. The summed E-state index contributed by atoms with van der Waals surface area (Å²) in [5.41, 5.74) is 8.60. The molecule has 0 radical (unpaired) electrons. The van der Waals surface area contributed by atoms with Crippen LogP contribution in [0.1, 0.15) is 21.5 Å². The molecule has 5 N–H and O–H groups in total. The van der Waals surface area contributed by atoms with Crippen LogP contribution in [0.5, 0.6) is 5.75 Å². The average molecular weight is 335 g/mol. The molecule has 2 aromatic rings. The third kappa shape index (κ3) is 4.06. The van der Waals surface area contributed by atoms with Crippen LogP contribution < -0.4 is 16.4 Å². The van der Waals surface area contributed by atoms with E-state index >= 15 is 0 Å². The number of hydrogen-bond acceptors (Lipinski definition) is 3. The number of fused-ring (bicyclic) bond motifs is 1. The van der Waals surface area contributed by atoms with Gasteiger partial charge in [0.1, 0.15) is 5.75 Å². The van der Waals surface area contributed by atoms with E-state index in [1.54, 1.807) is 36.4 Å². The largest absolute Gasteiger partial charge is 0.508 e. The molecular formula is C19H17N3O3. The summed E-state index contributed by atoms with van der Waals surface area (Å²) < 4.78 is 0. The number of urea groups is 1. The van der Waals surface area contributed by atoms with E-state index in [2.05, 4.69) is 10.6 Å². The molecule has 0 bridgehead atoms. The third-order valence-electron chi connectivity index (χ3n) is 3.76. The molecule has 2 aromatic carbocycles. The lowest BCUT2D eigenvalue weighted by Gasteiger charge is -2.12. The van der Waals surface area contributed by atoms with E-state index in [1.807, 2.05) is 18.2 Å². The van der Waals surface area contributed by atoms with Crippen molar-refractivity contribution in [1.82, 2.24) is 5.32 Å². The molecule has 0 heterocycles. The van der Waals surface area contributed by atoms with E-state index in [-0.39, 0.29) is 5.75 Å². The lowest BCUT2D eigenvalue weighted by Crippen LogP contribution is -2.29. The molecular weight excluding hydrogens is 318 g/mol. The Labute approximate surface area is 144 Å². The summed E-state index contributed by atoms with van der Waals surface area (Å²) in [6.07, 6.45) is 6.03. The van der Waals surface area contributed by atoms with Crippen LogP contribution in [0.4, 0.5) is 10.5 Å². The number of nitrogens with two attached hydrogens (primary N) is 1. The van der Waals surface area contributed by atoms with Crippen LogP contribution >= 0.6 is 0 Å². The Bertz CT molecular complexity index is 901. The highest BCUT2D eigenvalue weighted by Crippen LogP contribution is 2.22. The Morgan fingerprint density at radius 1 is 1.08 bits per heavy atom. The predicted octanol–water partition coefficient (Wildman–Crippen LogP) is 2.77. The molecule has 0 aromatic heterocycles. The number of aromatic hydroxyl groups is 1. The summed E-state index contributed by atoms with van der Waals surface area (Å²) in [4.78, 5) is 23.4. The highest BCUT2D eigenvalue weighted by Gasteiger charge is 2.11. The zero-order valence-electron chi connectivity index (χ0n) is 13.3. The van der Waals surface area contributed by atoms with E-state index in [0.29, 0.717) is 23.4 Å². The van der Waals surface area contributed by atoms with Crippen LogP contribution in [-0.2, 0) is 6.42 Å². The molecule has 3 rings (SSSR count). The first-order valence-electron chi connectivity index (χ1n) is 7.68. The van der Waals surface area contributed by atoms with Crippen molar-refractivity contribution < 1.29 is 14.7 Å². The fraction of sp³-hybridized carbons (Fsp3) is 0.0526. The minimum absolute atomic E-state index is 0.182. The number of anilines is 1. The Balaban J connectivity index is 1.69. The summed E-state index contributed by atoms with van der Waals surface area (Å²) in [5.74, 6) is -0.377. The maximum absolute atomic E-state index is 12.2. The van der Waals surface area contributed by atoms with Gasteiger partial charge in [0, 0.05) is 23.4 Å². The summed E-state index contributed by atoms with van der Waals surface area (Å²) in [7, 11) is 0. The molecule has 0 spiro atoms. The SMILES string of the molecule is NC(=O)c1cccc(NC(=O)NC2=CC=Cc3ccc(O)cc3C2)c1. The van der Waals surface area contributed by atoms with Crippen molar-refractivity contribution in [3.63, 3.8) is 0 Å². The van der Waals surface area contributed by atoms with Crippen LogP contribution in [0.15, 0.2) is 60.3 Å². The highest BCUT2D eigenvalue weighted by molar-refractivity contribution is 5.96. The number of phenols is 1. The molecule has 0 saturated heterocycles. The monoisotopic (exact) mass is 335 g/mol. The Hall–Kier alpha value is -3.54. The summed E-state index contributed by atoms with van der Waals surface area (Å²) in [6, 6.07) is 11.1. The number of benzene rings is 2. The minimum atomic E-state index is -0.558. The van der Waals surface area contributed by atoms with Crippen molar-refractivity contribution >= 4 is 23.7 Å². The highest BCUT2D eigenvalue weighted by atomic mass is 16.3. The second kappa shape index (κ2) is 6.92. The van der Waals surface area contributed by atoms with Gasteiger partial charge in [-0.1, -0.05) is 24.3 Å². The number of phenolic OH excluding ortho intramolecular Hbond substituents is 1. The summed E-state index contributed by atoms with van der Waals surface area (Å²) >= 11 is 0. The Morgan fingerprint density at radius 3 is 2.72 bits per heavy atom. The minimum Gasteiger partial charge on any atom is -0.508 e. The van der Waals surface area contributed by atoms with Gasteiger partial charge in [-0.15, -0.1) is 0 Å². The smallest absolute Gasteiger partial charge is 0.323 e. The first kappa shape index (κ1) is 16.3. The van der Waals surface area contributed by atoms with Crippen LogP contribution in [0.3, 0.4) is 0 Å². The van der Waals surface area contributed by atoms with Gasteiger partial charge in [0.2, 0.25) is 5.91 Å². The first-order chi connectivity index (χ1) is 12.0. The number of amides is 3. The molecule has 25 heavy (non-hydrogen) atoms. The number of rotatable bonds is 3. The van der Waals surface area contributed by atoms with Gasteiger partial charge in [-0.25, -0.2) is 4.79 Å². The van der Waals surface area contributed by atoms with E-state index in [0.717, 1.165) is 11.1 Å². The van der Waals surface area contributed by atoms with Crippen LogP contribution in [0.25, 0.3) is 6.08 Å². The zero-order valence-corrected chi connectivity index (χ0v) is 13.3. The van der Waals surface area contributed by atoms with E-state index in [9.17, 15) is 14.7 Å². The second-order valence-corrected chi connectivity index (χ2v) is 5.64. The number of carbonyl (C=O) groups is 2. The Kier molecular flexibility index (Phi) is 4.52. The van der Waals surface area contributed by atoms with Gasteiger partial charge in [0.15, 0.2) is 0 Å². The van der Waals surface area contributed by atoms with Gasteiger partial charge in [-0.3, -0.25) is 4.79 Å². The summed E-state index contributed by atoms with van der Waals surface area (Å²) in [6.45, 7) is 0. The maximum atomic E-state index is 12.2. The number of allylic oxidation sites excluding steroid dienone is 3. The summed E-state index contributed by atoms with van der Waals surface area (Å²) in [5, 5.41) is 15.1. The second-order valence-electron chi connectivity index (χ2n) is 5.64. The van der Waals surface area contributed by atoms with Crippen LogP contribution in [0, 0.1) is 0 Å². The lowest BCUT2D eigenvalue weighted by atomic mass is 10.0. The molecule has 0 fully saturated rings. The standard InChI is InChI=1S/C19H17N3O3/c20-18(24)13-4-2-6-15(9-13)21-19(25)22-16-5-1-3-12-7-8-17(23)11-14(12)10-16/h1-9,11,23H,10H2,(H2,20,24)(H2,21,22,25). The van der Waals surface area contributed by atoms with Gasteiger partial charge in [0.25, 0.3) is 0 Å². The maximum Gasteiger partial charge on any atom is 0.323 e. The number of hydrogen-bond donors (Lipinski definition) is 4. The molecule has 0 aliphatic heterocycles. The van der Waals surface area contributed by atoms with Gasteiger partial charge in [0.05, 0.1) is 0 Å². The molecule has 3 amide bonds. The third-order valence-corrected chi connectivity index (χ3v) is 3.76. The molecule has 0 atom stereocenters. The first-order valence-corrected chi connectivity index (χ1v) is 7.68. The lowest BCUT2D eigenvalue weighted by molar-refractivity contribution is 0.1000. The topological polar surface area (TPSA) is 104 Å². The number of primary amides is 1. The van der Waals surface area contributed by atoms with Crippen LogP contribution in [-0.4, -0.2) is 17.0 Å². The van der Waals surface area contributed by atoms with Crippen LogP contribution in [0.2, 0.25) is 0 Å².